The summed E-state index contributed by atoms with van der Waals surface area (Å²) in [5, 5.41) is 12.2. The predicted molar refractivity (Wildman–Crippen MR) is 59.2 cm³/mol. The Hall–Kier alpha value is -1.65. The molecule has 86 valence electrons. The van der Waals surface area contributed by atoms with Gasteiger partial charge in [-0.15, -0.1) is 0 Å². The van der Waals surface area contributed by atoms with Crippen LogP contribution >= 0.6 is 0 Å². The van der Waals surface area contributed by atoms with Gasteiger partial charge in [0.1, 0.15) is 12.1 Å². The summed E-state index contributed by atoms with van der Waals surface area (Å²) in [6, 6.07) is 1.82. The van der Waals surface area contributed by atoms with Crippen LogP contribution in [0.4, 0.5) is 5.82 Å². The van der Waals surface area contributed by atoms with Crippen molar-refractivity contribution in [2.24, 2.45) is 5.92 Å². The number of nitrogens with one attached hydrogen (secondary N) is 1. The molecule has 1 fully saturated rings. The van der Waals surface area contributed by atoms with Crippen molar-refractivity contribution >= 4 is 11.8 Å². The minimum atomic E-state index is -0.722. The number of carboxylic acids is 1. The highest BCUT2D eigenvalue weighted by atomic mass is 16.4. The fraction of sp³-hybridized carbons (Fsp3) is 0.545. The number of aryl methyl sites for hydroxylation is 1. The summed E-state index contributed by atoms with van der Waals surface area (Å²) in [6.07, 6.45) is 4.08. The van der Waals surface area contributed by atoms with Crippen molar-refractivity contribution in [1.82, 2.24) is 9.97 Å². The summed E-state index contributed by atoms with van der Waals surface area (Å²) >= 11 is 0. The first-order valence-electron chi connectivity index (χ1n) is 5.45. The third-order valence-electron chi connectivity index (χ3n) is 2.97. The fourth-order valence-electron chi connectivity index (χ4n) is 2.15. The lowest BCUT2D eigenvalue weighted by Gasteiger charge is -2.17. The molecular weight excluding hydrogens is 206 g/mol. The van der Waals surface area contributed by atoms with E-state index >= 15 is 0 Å². The van der Waals surface area contributed by atoms with Crippen molar-refractivity contribution in [3.05, 3.63) is 18.1 Å². The lowest BCUT2D eigenvalue weighted by atomic mass is 10.0. The van der Waals surface area contributed by atoms with Crippen molar-refractivity contribution in [3.8, 4) is 0 Å². The van der Waals surface area contributed by atoms with E-state index in [9.17, 15) is 4.79 Å². The van der Waals surface area contributed by atoms with E-state index in [-0.39, 0.29) is 12.0 Å². The third kappa shape index (κ3) is 2.29. The zero-order valence-electron chi connectivity index (χ0n) is 9.18. The predicted octanol–water partition coefficient (Wildman–Crippen LogP) is 1.45. The number of aromatic nitrogens is 2. The number of carbonyl (C=O) groups is 1. The molecule has 1 aromatic heterocycles. The van der Waals surface area contributed by atoms with Gasteiger partial charge in [0.25, 0.3) is 0 Å². The molecule has 2 atom stereocenters. The maximum Gasteiger partial charge on any atom is 0.308 e. The van der Waals surface area contributed by atoms with Crippen LogP contribution in [-0.2, 0) is 4.79 Å². The standard InChI is InChI=1S/C11H15N3O2/c1-7-5-10(13-6-12-7)14-9-4-2-3-8(9)11(15)16/h5-6,8-9H,2-4H2,1H3,(H,15,16)(H,12,13,14). The molecule has 2 unspecified atom stereocenters. The normalized spacial score (nSPS) is 24.3. The van der Waals surface area contributed by atoms with Gasteiger partial charge < -0.3 is 10.4 Å². The molecule has 0 radical (unpaired) electrons. The molecule has 0 spiro atoms. The van der Waals surface area contributed by atoms with Crippen molar-refractivity contribution in [1.29, 1.82) is 0 Å². The van der Waals surface area contributed by atoms with Gasteiger partial charge in [0, 0.05) is 17.8 Å². The molecule has 2 rings (SSSR count). The maximum absolute atomic E-state index is 11.0. The molecule has 0 amide bonds. The van der Waals surface area contributed by atoms with Gasteiger partial charge in [-0.25, -0.2) is 9.97 Å². The zero-order chi connectivity index (χ0) is 11.5. The molecule has 0 aliphatic heterocycles. The van der Waals surface area contributed by atoms with E-state index < -0.39 is 5.97 Å². The Balaban J connectivity index is 2.06. The van der Waals surface area contributed by atoms with Crippen molar-refractivity contribution in [2.45, 2.75) is 32.2 Å². The second-order valence-electron chi connectivity index (χ2n) is 4.17. The van der Waals surface area contributed by atoms with E-state index in [1.807, 2.05) is 13.0 Å². The molecule has 0 aromatic carbocycles. The van der Waals surface area contributed by atoms with Gasteiger partial charge in [-0.2, -0.15) is 0 Å². The van der Waals surface area contributed by atoms with E-state index in [0.717, 1.165) is 25.0 Å². The summed E-state index contributed by atoms with van der Waals surface area (Å²) in [5.41, 5.74) is 0.877. The molecular formula is C11H15N3O2. The molecule has 5 heteroatoms. The Morgan fingerprint density at radius 3 is 3.00 bits per heavy atom. The van der Waals surface area contributed by atoms with Crippen LogP contribution in [0.2, 0.25) is 0 Å². The summed E-state index contributed by atoms with van der Waals surface area (Å²) in [7, 11) is 0. The Morgan fingerprint density at radius 1 is 1.50 bits per heavy atom. The smallest absolute Gasteiger partial charge is 0.308 e. The van der Waals surface area contributed by atoms with Crippen LogP contribution in [0.25, 0.3) is 0 Å². The van der Waals surface area contributed by atoms with Crippen LogP contribution in [-0.4, -0.2) is 27.1 Å². The Bertz CT molecular complexity index is 395. The number of aliphatic carboxylic acids is 1. The molecule has 0 saturated heterocycles. The van der Waals surface area contributed by atoms with Crippen molar-refractivity contribution in [2.75, 3.05) is 5.32 Å². The Kier molecular flexibility index (Phi) is 3.03. The Morgan fingerprint density at radius 2 is 2.31 bits per heavy atom. The van der Waals surface area contributed by atoms with Gasteiger partial charge >= 0.3 is 5.97 Å². The van der Waals surface area contributed by atoms with Crippen LogP contribution in [0, 0.1) is 12.8 Å². The highest BCUT2D eigenvalue weighted by Crippen LogP contribution is 2.28. The fourth-order valence-corrected chi connectivity index (χ4v) is 2.15. The first-order valence-corrected chi connectivity index (χ1v) is 5.45. The molecule has 1 aromatic rings. The topological polar surface area (TPSA) is 75.1 Å². The second-order valence-corrected chi connectivity index (χ2v) is 4.17. The van der Waals surface area contributed by atoms with Gasteiger partial charge in [0.15, 0.2) is 0 Å². The van der Waals surface area contributed by atoms with Gasteiger partial charge in [-0.05, 0) is 19.8 Å². The largest absolute Gasteiger partial charge is 0.481 e. The number of carboxylic acid groups (broad SMARTS) is 1. The average molecular weight is 221 g/mol. The Labute approximate surface area is 93.9 Å². The third-order valence-corrected chi connectivity index (χ3v) is 2.97. The lowest BCUT2D eigenvalue weighted by Crippen LogP contribution is -2.30. The first kappa shape index (κ1) is 10.9. The summed E-state index contributed by atoms with van der Waals surface area (Å²) in [5.74, 6) is -0.304. The van der Waals surface area contributed by atoms with E-state index in [4.69, 9.17) is 5.11 Å². The molecule has 1 saturated carbocycles. The highest BCUT2D eigenvalue weighted by molar-refractivity contribution is 5.72. The molecule has 1 aliphatic carbocycles. The number of hydrogen-bond acceptors (Lipinski definition) is 4. The quantitative estimate of drug-likeness (QED) is 0.808. The van der Waals surface area contributed by atoms with E-state index in [1.165, 1.54) is 6.33 Å². The van der Waals surface area contributed by atoms with E-state index in [2.05, 4.69) is 15.3 Å². The van der Waals surface area contributed by atoms with Crippen LogP contribution < -0.4 is 5.32 Å². The monoisotopic (exact) mass is 221 g/mol. The molecule has 1 aliphatic rings. The lowest BCUT2D eigenvalue weighted by molar-refractivity contribution is -0.141. The summed E-state index contributed by atoms with van der Waals surface area (Å²) < 4.78 is 0. The molecule has 5 nitrogen and oxygen atoms in total. The van der Waals surface area contributed by atoms with Crippen LogP contribution in [0.5, 0.6) is 0 Å². The SMILES string of the molecule is Cc1cc(NC2CCCC2C(=O)O)ncn1. The van der Waals surface area contributed by atoms with Crippen LogP contribution in [0.3, 0.4) is 0 Å². The number of nitrogens with zero attached hydrogens (tertiary/aromatic N) is 2. The van der Waals surface area contributed by atoms with E-state index in [1.54, 1.807) is 0 Å². The average Bonchev–Trinajstić information content (AvgIpc) is 2.66. The maximum atomic E-state index is 11.0. The molecule has 16 heavy (non-hydrogen) atoms. The minimum Gasteiger partial charge on any atom is -0.481 e. The molecule has 0 bridgehead atoms. The zero-order valence-corrected chi connectivity index (χ0v) is 9.18. The van der Waals surface area contributed by atoms with Gasteiger partial charge in [-0.3, -0.25) is 4.79 Å². The van der Waals surface area contributed by atoms with Crippen LogP contribution in [0.1, 0.15) is 25.0 Å². The summed E-state index contributed by atoms with van der Waals surface area (Å²) in [4.78, 5) is 19.1. The molecule has 2 N–H and O–H groups in total. The first-order chi connectivity index (χ1) is 7.66. The van der Waals surface area contributed by atoms with E-state index in [0.29, 0.717) is 5.82 Å². The van der Waals surface area contributed by atoms with Gasteiger partial charge in [-0.1, -0.05) is 6.42 Å². The number of hydrogen-bond donors (Lipinski definition) is 2. The highest BCUT2D eigenvalue weighted by Gasteiger charge is 2.32. The van der Waals surface area contributed by atoms with Crippen molar-refractivity contribution < 1.29 is 9.90 Å². The second kappa shape index (κ2) is 4.47. The van der Waals surface area contributed by atoms with Crippen LogP contribution in [0.15, 0.2) is 12.4 Å². The van der Waals surface area contributed by atoms with Gasteiger partial charge in [0.2, 0.25) is 0 Å². The minimum absolute atomic E-state index is 0.00759. The molecule has 1 heterocycles. The van der Waals surface area contributed by atoms with Crippen molar-refractivity contribution in [3.63, 3.8) is 0 Å². The number of anilines is 1. The number of rotatable bonds is 3. The van der Waals surface area contributed by atoms with Gasteiger partial charge in [0.05, 0.1) is 5.92 Å². The summed E-state index contributed by atoms with van der Waals surface area (Å²) in [6.45, 7) is 1.89.